The number of nitrogens with one attached hydrogen (secondary N) is 1. The molecule has 0 unspecified atom stereocenters. The second-order valence-electron chi connectivity index (χ2n) is 4.12. The SMILES string of the molecule is CC(C)(O)CNC(=O)c1ccc(F)c(Br)c1. The molecule has 0 radical (unpaired) electrons. The van der Waals surface area contributed by atoms with Gasteiger partial charge in [0.15, 0.2) is 0 Å². The van der Waals surface area contributed by atoms with Crippen LogP contribution >= 0.6 is 15.9 Å². The second-order valence-corrected chi connectivity index (χ2v) is 4.98. The highest BCUT2D eigenvalue weighted by molar-refractivity contribution is 9.10. The molecule has 1 rings (SSSR count). The third-order valence-electron chi connectivity index (χ3n) is 1.86. The number of hydrogen-bond donors (Lipinski definition) is 2. The van der Waals surface area contributed by atoms with Gasteiger partial charge in [0.05, 0.1) is 10.1 Å². The third kappa shape index (κ3) is 3.90. The molecule has 1 amide bonds. The number of halogens is 2. The summed E-state index contributed by atoms with van der Waals surface area (Å²) in [5, 5.41) is 12.0. The van der Waals surface area contributed by atoms with E-state index in [0.29, 0.717) is 5.56 Å². The molecule has 0 atom stereocenters. The largest absolute Gasteiger partial charge is 0.389 e. The molecule has 0 fully saturated rings. The zero-order valence-electron chi connectivity index (χ0n) is 9.05. The lowest BCUT2D eigenvalue weighted by atomic mass is 10.1. The maximum atomic E-state index is 12.9. The van der Waals surface area contributed by atoms with Crippen LogP contribution in [0.15, 0.2) is 22.7 Å². The van der Waals surface area contributed by atoms with E-state index in [4.69, 9.17) is 0 Å². The maximum Gasteiger partial charge on any atom is 0.251 e. The van der Waals surface area contributed by atoms with Crippen LogP contribution in [0.1, 0.15) is 24.2 Å². The van der Waals surface area contributed by atoms with E-state index in [0.717, 1.165) is 0 Å². The van der Waals surface area contributed by atoms with Crippen molar-refractivity contribution >= 4 is 21.8 Å². The van der Waals surface area contributed by atoms with Crippen LogP contribution in [0.5, 0.6) is 0 Å². The van der Waals surface area contributed by atoms with Gasteiger partial charge >= 0.3 is 0 Å². The van der Waals surface area contributed by atoms with Crippen molar-refractivity contribution < 1.29 is 14.3 Å². The fourth-order valence-corrected chi connectivity index (χ4v) is 1.41. The van der Waals surface area contributed by atoms with Gasteiger partial charge in [0, 0.05) is 12.1 Å². The van der Waals surface area contributed by atoms with Gasteiger partial charge in [-0.15, -0.1) is 0 Å². The molecule has 0 saturated carbocycles. The predicted octanol–water partition coefficient (Wildman–Crippen LogP) is 2.09. The van der Waals surface area contributed by atoms with Crippen molar-refractivity contribution in [3.63, 3.8) is 0 Å². The molecule has 0 aliphatic rings. The minimum absolute atomic E-state index is 0.140. The summed E-state index contributed by atoms with van der Waals surface area (Å²) in [6.45, 7) is 3.32. The van der Waals surface area contributed by atoms with Gasteiger partial charge in [-0.05, 0) is 48.0 Å². The Morgan fingerprint density at radius 3 is 2.69 bits per heavy atom. The van der Waals surface area contributed by atoms with E-state index in [2.05, 4.69) is 21.2 Å². The molecule has 0 spiro atoms. The van der Waals surface area contributed by atoms with Crippen LogP contribution < -0.4 is 5.32 Å². The van der Waals surface area contributed by atoms with Crippen molar-refractivity contribution in [3.05, 3.63) is 34.1 Å². The lowest BCUT2D eigenvalue weighted by molar-refractivity contribution is 0.0694. The molecule has 0 heterocycles. The average molecular weight is 290 g/mol. The monoisotopic (exact) mass is 289 g/mol. The lowest BCUT2D eigenvalue weighted by Gasteiger charge is -2.17. The van der Waals surface area contributed by atoms with Crippen LogP contribution in [0.25, 0.3) is 0 Å². The number of rotatable bonds is 3. The molecule has 0 aliphatic heterocycles. The van der Waals surface area contributed by atoms with Gasteiger partial charge < -0.3 is 10.4 Å². The maximum absolute atomic E-state index is 12.9. The summed E-state index contributed by atoms with van der Waals surface area (Å²) in [5.74, 6) is -0.762. The smallest absolute Gasteiger partial charge is 0.251 e. The minimum Gasteiger partial charge on any atom is -0.389 e. The van der Waals surface area contributed by atoms with Gasteiger partial charge in [0.25, 0.3) is 5.91 Å². The van der Waals surface area contributed by atoms with E-state index in [1.54, 1.807) is 13.8 Å². The Bertz CT molecular complexity index is 401. The molecule has 0 bridgehead atoms. The first-order valence-electron chi connectivity index (χ1n) is 4.75. The fourth-order valence-electron chi connectivity index (χ4n) is 1.04. The van der Waals surface area contributed by atoms with E-state index in [1.807, 2.05) is 0 Å². The Kier molecular flexibility index (Phi) is 4.04. The minimum atomic E-state index is -0.965. The second kappa shape index (κ2) is 4.93. The fraction of sp³-hybridized carbons (Fsp3) is 0.364. The van der Waals surface area contributed by atoms with Crippen LogP contribution in [0.2, 0.25) is 0 Å². The number of aliphatic hydroxyl groups is 1. The van der Waals surface area contributed by atoms with Gasteiger partial charge in [0.2, 0.25) is 0 Å². The van der Waals surface area contributed by atoms with Crippen LogP contribution in [0.3, 0.4) is 0 Å². The summed E-state index contributed by atoms with van der Waals surface area (Å²) >= 11 is 3.00. The predicted molar refractivity (Wildman–Crippen MR) is 62.7 cm³/mol. The highest BCUT2D eigenvalue weighted by Crippen LogP contribution is 2.16. The third-order valence-corrected chi connectivity index (χ3v) is 2.47. The van der Waals surface area contributed by atoms with Crippen LogP contribution in [0.4, 0.5) is 4.39 Å². The molecule has 3 nitrogen and oxygen atoms in total. The van der Waals surface area contributed by atoms with Crippen molar-refractivity contribution in [2.24, 2.45) is 0 Å². The topological polar surface area (TPSA) is 49.3 Å². The van der Waals surface area contributed by atoms with E-state index >= 15 is 0 Å². The van der Waals surface area contributed by atoms with Crippen molar-refractivity contribution in [3.8, 4) is 0 Å². The normalized spacial score (nSPS) is 11.3. The zero-order chi connectivity index (χ0) is 12.3. The number of carbonyl (C=O) groups excluding carboxylic acids is 1. The number of benzene rings is 1. The molecule has 88 valence electrons. The number of carbonyl (C=O) groups is 1. The molecule has 0 saturated heterocycles. The molecular weight excluding hydrogens is 277 g/mol. The first kappa shape index (κ1) is 13.1. The summed E-state index contributed by atoms with van der Waals surface area (Å²) in [6.07, 6.45) is 0. The van der Waals surface area contributed by atoms with Crippen molar-refractivity contribution in [2.45, 2.75) is 19.4 Å². The highest BCUT2D eigenvalue weighted by atomic mass is 79.9. The molecule has 1 aromatic rings. The number of hydrogen-bond acceptors (Lipinski definition) is 2. The van der Waals surface area contributed by atoms with E-state index in [-0.39, 0.29) is 16.9 Å². The highest BCUT2D eigenvalue weighted by Gasteiger charge is 2.15. The van der Waals surface area contributed by atoms with Gasteiger partial charge in [-0.1, -0.05) is 0 Å². The van der Waals surface area contributed by atoms with E-state index in [1.165, 1.54) is 18.2 Å². The van der Waals surface area contributed by atoms with Crippen molar-refractivity contribution in [1.29, 1.82) is 0 Å². The van der Waals surface area contributed by atoms with Crippen LogP contribution in [-0.2, 0) is 0 Å². The Morgan fingerprint density at radius 2 is 2.19 bits per heavy atom. The Morgan fingerprint density at radius 1 is 1.56 bits per heavy atom. The Hall–Kier alpha value is -0.940. The van der Waals surface area contributed by atoms with E-state index in [9.17, 15) is 14.3 Å². The Labute approximate surface area is 102 Å². The van der Waals surface area contributed by atoms with Gasteiger partial charge in [-0.3, -0.25) is 4.79 Å². The molecule has 5 heteroatoms. The average Bonchev–Trinajstić information content (AvgIpc) is 2.17. The molecule has 2 N–H and O–H groups in total. The molecule has 0 aromatic heterocycles. The van der Waals surface area contributed by atoms with Crippen LogP contribution in [0, 0.1) is 5.82 Å². The molecule has 0 aliphatic carbocycles. The van der Waals surface area contributed by atoms with Gasteiger partial charge in [-0.2, -0.15) is 0 Å². The van der Waals surface area contributed by atoms with Gasteiger partial charge in [0.1, 0.15) is 5.82 Å². The lowest BCUT2D eigenvalue weighted by Crippen LogP contribution is -2.38. The quantitative estimate of drug-likeness (QED) is 0.895. The van der Waals surface area contributed by atoms with Crippen molar-refractivity contribution in [2.75, 3.05) is 6.54 Å². The standard InChI is InChI=1S/C11H13BrFNO2/c1-11(2,16)6-14-10(15)7-3-4-9(13)8(12)5-7/h3-5,16H,6H2,1-2H3,(H,14,15). The summed E-state index contributed by atoms with van der Waals surface area (Å²) < 4.78 is 13.2. The van der Waals surface area contributed by atoms with Crippen LogP contribution in [-0.4, -0.2) is 23.2 Å². The summed E-state index contributed by atoms with van der Waals surface area (Å²) in [5.41, 5.74) is -0.620. The zero-order valence-corrected chi connectivity index (χ0v) is 10.6. The Balaban J connectivity index is 2.70. The number of amides is 1. The summed E-state index contributed by atoms with van der Waals surface area (Å²) in [6, 6.07) is 4.00. The first-order valence-corrected chi connectivity index (χ1v) is 5.54. The van der Waals surface area contributed by atoms with E-state index < -0.39 is 11.4 Å². The molecule has 16 heavy (non-hydrogen) atoms. The summed E-state index contributed by atoms with van der Waals surface area (Å²) in [7, 11) is 0. The van der Waals surface area contributed by atoms with Gasteiger partial charge in [-0.25, -0.2) is 4.39 Å². The summed E-state index contributed by atoms with van der Waals surface area (Å²) in [4.78, 5) is 11.6. The molecular formula is C11H13BrFNO2. The first-order chi connectivity index (χ1) is 7.29. The molecule has 1 aromatic carbocycles. The van der Waals surface area contributed by atoms with Crippen molar-refractivity contribution in [1.82, 2.24) is 5.32 Å².